The van der Waals surface area contributed by atoms with Crippen LogP contribution in [0.5, 0.6) is 0 Å². The first-order valence-electron chi connectivity index (χ1n) is 6.71. The highest BCUT2D eigenvalue weighted by Gasteiger charge is 2.17. The van der Waals surface area contributed by atoms with Gasteiger partial charge in [0.2, 0.25) is 0 Å². The number of H-pyrrole nitrogens is 1. The van der Waals surface area contributed by atoms with Gasteiger partial charge < -0.3 is 5.73 Å². The Morgan fingerprint density at radius 1 is 1.38 bits per heavy atom. The number of aryl methyl sites for hydroxylation is 1. The molecule has 0 saturated heterocycles. The average Bonchev–Trinajstić information content (AvgIpc) is 2.74. The van der Waals surface area contributed by atoms with Crippen molar-refractivity contribution in [3.63, 3.8) is 0 Å². The zero-order valence-corrected chi connectivity index (χ0v) is 13.3. The number of aromatic amines is 1. The number of nitrogens with two attached hydrogens (primary N) is 1. The molecule has 2 aromatic rings. The number of halogens is 1. The van der Waals surface area contributed by atoms with Gasteiger partial charge in [0.25, 0.3) is 0 Å². The van der Waals surface area contributed by atoms with E-state index in [1.807, 2.05) is 13.8 Å². The van der Waals surface area contributed by atoms with Gasteiger partial charge in [-0.15, -0.1) is 5.10 Å². The summed E-state index contributed by atoms with van der Waals surface area (Å²) in [5, 5.41) is 7.03. The third kappa shape index (κ3) is 3.19. The van der Waals surface area contributed by atoms with Crippen LogP contribution in [-0.4, -0.2) is 14.8 Å². The van der Waals surface area contributed by atoms with E-state index in [2.05, 4.69) is 10.2 Å². The molecule has 7 heteroatoms. The molecule has 0 fully saturated rings. The van der Waals surface area contributed by atoms with Crippen LogP contribution < -0.4 is 11.4 Å². The zero-order chi connectivity index (χ0) is 15.7. The Balaban J connectivity index is 2.49. The lowest BCUT2D eigenvalue weighted by Gasteiger charge is -2.15. The molecule has 0 spiro atoms. The predicted molar refractivity (Wildman–Crippen MR) is 81.1 cm³/mol. The number of hydrogen-bond acceptors (Lipinski definition) is 4. The van der Waals surface area contributed by atoms with Gasteiger partial charge in [0.15, 0.2) is 5.16 Å². The van der Waals surface area contributed by atoms with Crippen molar-refractivity contribution in [2.45, 2.75) is 49.8 Å². The molecule has 0 unspecified atom stereocenters. The molecule has 5 nitrogen and oxygen atoms in total. The first-order valence-corrected chi connectivity index (χ1v) is 7.53. The van der Waals surface area contributed by atoms with Gasteiger partial charge in [-0.3, -0.25) is 4.57 Å². The Labute approximate surface area is 126 Å². The quantitative estimate of drug-likeness (QED) is 0.910. The van der Waals surface area contributed by atoms with E-state index in [0.717, 1.165) is 4.90 Å². The molecule has 1 aromatic heterocycles. The maximum atomic E-state index is 13.7. The third-order valence-electron chi connectivity index (χ3n) is 3.17. The van der Waals surface area contributed by atoms with Gasteiger partial charge >= 0.3 is 5.69 Å². The Morgan fingerprint density at radius 2 is 2.05 bits per heavy atom. The minimum atomic E-state index is -0.305. The third-order valence-corrected chi connectivity index (χ3v) is 4.22. The van der Waals surface area contributed by atoms with Crippen LogP contribution in [0, 0.1) is 12.7 Å². The average molecular weight is 310 g/mol. The molecule has 2 rings (SSSR count). The normalized spacial score (nSPS) is 12.9. The standard InChI is InChI=1S/C14H19FN4OS/c1-7(2)19-13(20)17-18-14(19)21-12-5-8(3)11(15)6-10(12)9(4)16/h5-7,9H,16H2,1-4H3,(H,17,20)/t9-/m0/s1. The van der Waals surface area contributed by atoms with Crippen molar-refractivity contribution < 1.29 is 4.39 Å². The first-order chi connectivity index (χ1) is 9.81. The fourth-order valence-corrected chi connectivity index (χ4v) is 3.31. The lowest BCUT2D eigenvalue weighted by molar-refractivity contribution is 0.534. The molecule has 1 aromatic carbocycles. The van der Waals surface area contributed by atoms with E-state index in [4.69, 9.17) is 5.73 Å². The van der Waals surface area contributed by atoms with E-state index in [-0.39, 0.29) is 23.6 Å². The van der Waals surface area contributed by atoms with Crippen molar-refractivity contribution in [2.24, 2.45) is 5.73 Å². The van der Waals surface area contributed by atoms with Gasteiger partial charge in [-0.05, 0) is 62.7 Å². The molecule has 0 saturated carbocycles. The summed E-state index contributed by atoms with van der Waals surface area (Å²) in [6, 6.07) is 2.87. The second-order valence-electron chi connectivity index (χ2n) is 5.31. The number of aromatic nitrogens is 3. The van der Waals surface area contributed by atoms with Crippen LogP contribution in [0.4, 0.5) is 4.39 Å². The molecule has 3 N–H and O–H groups in total. The van der Waals surface area contributed by atoms with Crippen molar-refractivity contribution in [3.8, 4) is 0 Å². The van der Waals surface area contributed by atoms with E-state index in [1.54, 1.807) is 24.5 Å². The molecular weight excluding hydrogens is 291 g/mol. The van der Waals surface area contributed by atoms with Crippen LogP contribution >= 0.6 is 11.8 Å². The van der Waals surface area contributed by atoms with E-state index in [1.165, 1.54) is 17.8 Å². The van der Waals surface area contributed by atoms with Crippen molar-refractivity contribution >= 4 is 11.8 Å². The van der Waals surface area contributed by atoms with Crippen molar-refractivity contribution in [1.29, 1.82) is 0 Å². The number of nitrogens with one attached hydrogen (secondary N) is 1. The molecule has 0 aliphatic rings. The summed E-state index contributed by atoms with van der Waals surface area (Å²) in [6.07, 6.45) is 0. The summed E-state index contributed by atoms with van der Waals surface area (Å²) in [4.78, 5) is 12.6. The Kier molecular flexibility index (Phi) is 4.53. The molecule has 1 heterocycles. The second kappa shape index (κ2) is 6.03. The van der Waals surface area contributed by atoms with Crippen molar-refractivity contribution in [2.75, 3.05) is 0 Å². The summed E-state index contributed by atoms with van der Waals surface area (Å²) >= 11 is 1.32. The topological polar surface area (TPSA) is 76.7 Å². The summed E-state index contributed by atoms with van der Waals surface area (Å²) in [7, 11) is 0. The Bertz CT molecular complexity index is 705. The van der Waals surface area contributed by atoms with Gasteiger partial charge in [0.05, 0.1) is 0 Å². The number of benzene rings is 1. The van der Waals surface area contributed by atoms with Crippen molar-refractivity contribution in [1.82, 2.24) is 14.8 Å². The first kappa shape index (κ1) is 15.8. The largest absolute Gasteiger partial charge is 0.344 e. The fourth-order valence-electron chi connectivity index (χ4n) is 2.03. The maximum Gasteiger partial charge on any atom is 0.344 e. The van der Waals surface area contributed by atoms with Gasteiger partial charge in [-0.1, -0.05) is 0 Å². The van der Waals surface area contributed by atoms with E-state index >= 15 is 0 Å². The van der Waals surface area contributed by atoms with Crippen LogP contribution in [0.1, 0.15) is 44.0 Å². The summed E-state index contributed by atoms with van der Waals surface area (Å²) in [6.45, 7) is 7.31. The minimum Gasteiger partial charge on any atom is -0.324 e. The summed E-state index contributed by atoms with van der Waals surface area (Å²) in [5.41, 5.74) is 6.90. The second-order valence-corrected chi connectivity index (χ2v) is 6.31. The highest BCUT2D eigenvalue weighted by atomic mass is 32.2. The number of rotatable bonds is 4. The van der Waals surface area contributed by atoms with Crippen LogP contribution in [0.3, 0.4) is 0 Å². The minimum absolute atomic E-state index is 0.0148. The summed E-state index contributed by atoms with van der Waals surface area (Å²) < 4.78 is 15.3. The molecule has 1 atom stereocenters. The molecule has 0 amide bonds. The van der Waals surface area contributed by atoms with Crippen LogP contribution in [0.25, 0.3) is 0 Å². The van der Waals surface area contributed by atoms with Gasteiger partial charge in [-0.25, -0.2) is 14.3 Å². The lowest BCUT2D eigenvalue weighted by Crippen LogP contribution is -2.19. The SMILES string of the molecule is Cc1cc(Sc2n[nH]c(=O)n2C(C)C)c([C@H](C)N)cc1F. The van der Waals surface area contributed by atoms with E-state index in [0.29, 0.717) is 16.3 Å². The van der Waals surface area contributed by atoms with Crippen LogP contribution in [0.2, 0.25) is 0 Å². The molecular formula is C14H19FN4OS. The van der Waals surface area contributed by atoms with Crippen LogP contribution in [0.15, 0.2) is 27.0 Å². The lowest BCUT2D eigenvalue weighted by atomic mass is 10.1. The fraction of sp³-hybridized carbons (Fsp3) is 0.429. The maximum absolute atomic E-state index is 13.7. The predicted octanol–water partition coefficient (Wildman–Crippen LogP) is 2.77. The van der Waals surface area contributed by atoms with Gasteiger partial charge in [0, 0.05) is 17.0 Å². The Morgan fingerprint density at radius 3 is 2.62 bits per heavy atom. The monoisotopic (exact) mass is 310 g/mol. The Hall–Kier alpha value is -1.60. The number of nitrogens with zero attached hydrogens (tertiary/aromatic N) is 2. The van der Waals surface area contributed by atoms with E-state index in [9.17, 15) is 9.18 Å². The van der Waals surface area contributed by atoms with Crippen LogP contribution in [-0.2, 0) is 0 Å². The van der Waals surface area contributed by atoms with E-state index < -0.39 is 0 Å². The smallest absolute Gasteiger partial charge is 0.324 e. The van der Waals surface area contributed by atoms with Crippen molar-refractivity contribution in [3.05, 3.63) is 39.6 Å². The zero-order valence-electron chi connectivity index (χ0n) is 12.5. The van der Waals surface area contributed by atoms with Gasteiger partial charge in [-0.2, -0.15) is 0 Å². The van der Waals surface area contributed by atoms with Gasteiger partial charge in [0.1, 0.15) is 5.82 Å². The molecule has 0 aliphatic carbocycles. The molecule has 0 aliphatic heterocycles. The summed E-state index contributed by atoms with van der Waals surface area (Å²) in [5.74, 6) is -0.282. The number of hydrogen-bond donors (Lipinski definition) is 2. The highest BCUT2D eigenvalue weighted by Crippen LogP contribution is 2.33. The molecule has 21 heavy (non-hydrogen) atoms. The highest BCUT2D eigenvalue weighted by molar-refractivity contribution is 7.99. The molecule has 0 radical (unpaired) electrons. The molecule has 0 bridgehead atoms. The molecule has 114 valence electrons.